The highest BCUT2D eigenvalue weighted by Crippen LogP contribution is 2.36. The second-order valence-electron chi connectivity index (χ2n) is 5.29. The zero-order valence-electron chi connectivity index (χ0n) is 10.2. The molecule has 0 saturated heterocycles. The van der Waals surface area contributed by atoms with E-state index in [1.54, 1.807) is 0 Å². The van der Waals surface area contributed by atoms with Crippen molar-refractivity contribution in [3.63, 3.8) is 0 Å². The summed E-state index contributed by atoms with van der Waals surface area (Å²) in [5.74, 6) is 0. The number of aromatic nitrogens is 1. The Labute approximate surface area is 111 Å². The van der Waals surface area contributed by atoms with Gasteiger partial charge in [0.05, 0.1) is 6.42 Å². The maximum atomic E-state index is 12.4. The van der Waals surface area contributed by atoms with E-state index in [1.165, 1.54) is 17.7 Å². The number of carbonyl (C=O) groups is 1. The first-order valence-electron chi connectivity index (χ1n) is 6.61. The van der Waals surface area contributed by atoms with Crippen LogP contribution in [0.15, 0.2) is 10.9 Å². The molecule has 0 aliphatic heterocycles. The third-order valence-corrected chi connectivity index (χ3v) is 3.99. The van der Waals surface area contributed by atoms with Crippen molar-refractivity contribution in [3.05, 3.63) is 33.2 Å². The molecule has 3 rings (SSSR count). The van der Waals surface area contributed by atoms with Gasteiger partial charge in [-0.05, 0) is 61.8 Å². The molecule has 2 aliphatic rings. The molecular weight excluding hydrogens is 250 g/mol. The molecule has 2 aliphatic carbocycles. The van der Waals surface area contributed by atoms with E-state index in [0.717, 1.165) is 32.1 Å². The van der Waals surface area contributed by atoms with E-state index in [0.29, 0.717) is 11.6 Å². The summed E-state index contributed by atoms with van der Waals surface area (Å²) in [6.45, 7) is 0. The molecule has 1 aromatic heterocycles. The third-order valence-electron chi connectivity index (χ3n) is 3.85. The van der Waals surface area contributed by atoms with Crippen LogP contribution in [0.2, 0.25) is 0 Å². The van der Waals surface area contributed by atoms with Gasteiger partial charge in [0.2, 0.25) is 5.24 Å². The molecule has 4 heteroatoms. The zero-order valence-corrected chi connectivity index (χ0v) is 11.0. The number of halogens is 1. The minimum Gasteiger partial charge on any atom is -0.309 e. The summed E-state index contributed by atoms with van der Waals surface area (Å²) in [6, 6.07) is 2.28. The van der Waals surface area contributed by atoms with Gasteiger partial charge >= 0.3 is 0 Å². The van der Waals surface area contributed by atoms with Crippen molar-refractivity contribution in [1.29, 1.82) is 0 Å². The highest BCUT2D eigenvalue weighted by atomic mass is 35.5. The minimum absolute atomic E-state index is 0.00662. The molecule has 1 saturated carbocycles. The summed E-state index contributed by atoms with van der Waals surface area (Å²) >= 11 is 5.43. The van der Waals surface area contributed by atoms with Crippen LogP contribution in [0, 0.1) is 0 Å². The number of fused-ring (bicyclic) bond motifs is 1. The molecule has 0 bridgehead atoms. The number of carbonyl (C=O) groups excluding carboxylic acids is 1. The highest BCUT2D eigenvalue weighted by molar-refractivity contribution is 6.63. The van der Waals surface area contributed by atoms with Crippen molar-refractivity contribution in [1.82, 2.24) is 4.57 Å². The second-order valence-corrected chi connectivity index (χ2v) is 5.71. The Kier molecular flexibility index (Phi) is 3.02. The SMILES string of the molecule is O=C(Cl)Cc1cc2c(n(C3CC3)c1=O)CCCC2. The molecule has 0 unspecified atom stereocenters. The molecule has 1 heterocycles. The normalized spacial score (nSPS) is 18.5. The number of pyridine rings is 1. The maximum absolute atomic E-state index is 12.4. The molecule has 1 fully saturated rings. The van der Waals surface area contributed by atoms with Crippen molar-refractivity contribution >= 4 is 16.8 Å². The van der Waals surface area contributed by atoms with Crippen LogP contribution in [-0.2, 0) is 24.1 Å². The number of nitrogens with zero attached hydrogens (tertiary/aromatic N) is 1. The van der Waals surface area contributed by atoms with E-state index < -0.39 is 5.24 Å². The third kappa shape index (κ3) is 2.12. The second kappa shape index (κ2) is 4.54. The van der Waals surface area contributed by atoms with Crippen LogP contribution in [-0.4, -0.2) is 9.81 Å². The molecular formula is C14H16ClNO2. The van der Waals surface area contributed by atoms with Crippen LogP contribution >= 0.6 is 11.6 Å². The predicted octanol–water partition coefficient (Wildman–Crippen LogP) is 2.37. The van der Waals surface area contributed by atoms with Crippen LogP contribution in [0.3, 0.4) is 0 Å². The fourth-order valence-electron chi connectivity index (χ4n) is 2.89. The highest BCUT2D eigenvalue weighted by Gasteiger charge is 2.29. The van der Waals surface area contributed by atoms with Gasteiger partial charge in [-0.15, -0.1) is 0 Å². The molecule has 18 heavy (non-hydrogen) atoms. The molecule has 0 spiro atoms. The lowest BCUT2D eigenvalue weighted by atomic mass is 9.94. The summed E-state index contributed by atoms with van der Waals surface area (Å²) in [5, 5.41) is -0.454. The Morgan fingerprint density at radius 1 is 1.33 bits per heavy atom. The van der Waals surface area contributed by atoms with E-state index in [-0.39, 0.29) is 12.0 Å². The Balaban J connectivity index is 2.14. The summed E-state index contributed by atoms with van der Waals surface area (Å²) in [4.78, 5) is 23.5. The number of hydrogen-bond donors (Lipinski definition) is 0. The smallest absolute Gasteiger partial charge is 0.254 e. The van der Waals surface area contributed by atoms with Gasteiger partial charge < -0.3 is 4.57 Å². The first-order chi connectivity index (χ1) is 8.66. The van der Waals surface area contributed by atoms with Crippen LogP contribution in [0.4, 0.5) is 0 Å². The van der Waals surface area contributed by atoms with Crippen molar-refractivity contribution in [2.24, 2.45) is 0 Å². The van der Waals surface area contributed by atoms with Crippen LogP contribution in [0.1, 0.15) is 48.5 Å². The fraction of sp³-hybridized carbons (Fsp3) is 0.571. The molecule has 1 aromatic rings. The maximum Gasteiger partial charge on any atom is 0.254 e. The van der Waals surface area contributed by atoms with Gasteiger partial charge in [0.25, 0.3) is 5.56 Å². The summed E-state index contributed by atoms with van der Waals surface area (Å²) in [5.41, 5.74) is 3.04. The molecule has 0 N–H and O–H groups in total. The molecule has 0 radical (unpaired) electrons. The Morgan fingerprint density at radius 3 is 2.72 bits per heavy atom. The van der Waals surface area contributed by atoms with E-state index in [2.05, 4.69) is 0 Å². The average molecular weight is 266 g/mol. The summed E-state index contributed by atoms with van der Waals surface area (Å²) < 4.78 is 1.95. The summed E-state index contributed by atoms with van der Waals surface area (Å²) in [6.07, 6.45) is 6.58. The van der Waals surface area contributed by atoms with E-state index in [4.69, 9.17) is 11.6 Å². The predicted molar refractivity (Wildman–Crippen MR) is 70.2 cm³/mol. The van der Waals surface area contributed by atoms with Gasteiger partial charge in [-0.1, -0.05) is 0 Å². The largest absolute Gasteiger partial charge is 0.309 e. The Hall–Kier alpha value is -1.09. The first kappa shape index (κ1) is 12.0. The Morgan fingerprint density at radius 2 is 2.06 bits per heavy atom. The van der Waals surface area contributed by atoms with Gasteiger partial charge in [-0.2, -0.15) is 0 Å². The number of hydrogen-bond acceptors (Lipinski definition) is 2. The first-order valence-corrected chi connectivity index (χ1v) is 6.99. The van der Waals surface area contributed by atoms with Crippen LogP contribution in [0.5, 0.6) is 0 Å². The van der Waals surface area contributed by atoms with Gasteiger partial charge in [0.1, 0.15) is 0 Å². The van der Waals surface area contributed by atoms with Crippen molar-refractivity contribution in [2.45, 2.75) is 51.0 Å². The minimum atomic E-state index is -0.454. The monoisotopic (exact) mass is 265 g/mol. The zero-order chi connectivity index (χ0) is 12.7. The van der Waals surface area contributed by atoms with Gasteiger partial charge in [0.15, 0.2) is 0 Å². The van der Waals surface area contributed by atoms with Crippen molar-refractivity contribution in [3.8, 4) is 0 Å². The fourth-order valence-corrected chi connectivity index (χ4v) is 3.03. The molecule has 0 atom stereocenters. The number of aryl methyl sites for hydroxylation is 1. The number of rotatable bonds is 3. The summed E-state index contributed by atoms with van der Waals surface area (Å²) in [7, 11) is 0. The topological polar surface area (TPSA) is 39.1 Å². The lowest BCUT2D eigenvalue weighted by Crippen LogP contribution is -2.29. The quantitative estimate of drug-likeness (QED) is 0.787. The molecule has 3 nitrogen and oxygen atoms in total. The van der Waals surface area contributed by atoms with Crippen molar-refractivity contribution < 1.29 is 4.79 Å². The molecule has 96 valence electrons. The van der Waals surface area contributed by atoms with Gasteiger partial charge in [-0.3, -0.25) is 9.59 Å². The van der Waals surface area contributed by atoms with E-state index in [1.807, 2.05) is 10.6 Å². The van der Waals surface area contributed by atoms with E-state index in [9.17, 15) is 9.59 Å². The van der Waals surface area contributed by atoms with Crippen LogP contribution in [0.25, 0.3) is 0 Å². The molecule has 0 aromatic carbocycles. The Bertz CT molecular complexity index is 558. The molecule has 0 amide bonds. The van der Waals surface area contributed by atoms with Gasteiger partial charge in [-0.25, -0.2) is 0 Å². The van der Waals surface area contributed by atoms with Crippen molar-refractivity contribution in [2.75, 3.05) is 0 Å². The van der Waals surface area contributed by atoms with Gasteiger partial charge in [0, 0.05) is 17.3 Å². The lowest BCUT2D eigenvalue weighted by molar-refractivity contribution is -0.111. The van der Waals surface area contributed by atoms with E-state index >= 15 is 0 Å². The van der Waals surface area contributed by atoms with Crippen LogP contribution < -0.4 is 5.56 Å². The standard InChI is InChI=1S/C14H16ClNO2/c15-13(17)8-10-7-9-3-1-2-4-12(9)16(14(10)18)11-5-6-11/h7,11H,1-6,8H2. The lowest BCUT2D eigenvalue weighted by Gasteiger charge is -2.22. The average Bonchev–Trinajstić information content (AvgIpc) is 3.14.